The van der Waals surface area contributed by atoms with Gasteiger partial charge in [0.2, 0.25) is 0 Å². The molecule has 0 N–H and O–H groups in total. The molecule has 0 aromatic rings. The summed E-state index contributed by atoms with van der Waals surface area (Å²) in [4.78, 5) is 11.0. The number of rotatable bonds is 6. The molecular weight excluding hydrogens is 152 g/mol. The highest BCUT2D eigenvalue weighted by atomic mass is 16.5. The third-order valence-corrected chi connectivity index (χ3v) is 1.99. The Bertz CT molecular complexity index is 121. The highest BCUT2D eigenvalue weighted by Crippen LogP contribution is 2.15. The average molecular weight is 171 g/mol. The summed E-state index contributed by atoms with van der Waals surface area (Å²) >= 11 is 0. The van der Waals surface area contributed by atoms with Crippen molar-refractivity contribution in [2.45, 2.75) is 39.5 Å². The Labute approximate surface area is 75.3 Å². The SMILES string of the molecule is [CH2]COC(=O)CC(CC)CCC. The molecule has 1 radical (unpaired) electrons. The molecule has 0 spiro atoms. The summed E-state index contributed by atoms with van der Waals surface area (Å²) in [5.74, 6) is 0.388. The largest absolute Gasteiger partial charge is 0.466 e. The summed E-state index contributed by atoms with van der Waals surface area (Å²) in [6, 6.07) is 0. The second-order valence-electron chi connectivity index (χ2n) is 2.99. The molecule has 0 aliphatic heterocycles. The van der Waals surface area contributed by atoms with Gasteiger partial charge in [-0.15, -0.1) is 0 Å². The van der Waals surface area contributed by atoms with Crippen LogP contribution in [0.1, 0.15) is 39.5 Å². The van der Waals surface area contributed by atoms with E-state index in [-0.39, 0.29) is 12.6 Å². The number of esters is 1. The minimum Gasteiger partial charge on any atom is -0.466 e. The first-order valence-corrected chi connectivity index (χ1v) is 4.69. The first-order valence-electron chi connectivity index (χ1n) is 4.69. The molecule has 0 aliphatic rings. The van der Waals surface area contributed by atoms with Crippen molar-refractivity contribution in [3.05, 3.63) is 6.92 Å². The monoisotopic (exact) mass is 171 g/mol. The number of hydrogen-bond donors (Lipinski definition) is 0. The molecule has 1 atom stereocenters. The minimum absolute atomic E-state index is 0.106. The van der Waals surface area contributed by atoms with Gasteiger partial charge in [-0.25, -0.2) is 0 Å². The normalized spacial score (nSPS) is 12.6. The van der Waals surface area contributed by atoms with Crippen LogP contribution in [0.3, 0.4) is 0 Å². The van der Waals surface area contributed by atoms with Crippen LogP contribution in [0.5, 0.6) is 0 Å². The maximum absolute atomic E-state index is 11.0. The predicted molar refractivity (Wildman–Crippen MR) is 49.6 cm³/mol. The van der Waals surface area contributed by atoms with Crippen LogP contribution >= 0.6 is 0 Å². The molecule has 2 heteroatoms. The van der Waals surface area contributed by atoms with E-state index in [4.69, 9.17) is 4.74 Å². The van der Waals surface area contributed by atoms with Crippen LogP contribution < -0.4 is 0 Å². The number of hydrogen-bond acceptors (Lipinski definition) is 2. The molecule has 0 fully saturated rings. The fraction of sp³-hybridized carbons (Fsp3) is 0.800. The predicted octanol–water partition coefficient (Wildman–Crippen LogP) is 2.58. The molecule has 0 heterocycles. The van der Waals surface area contributed by atoms with Crippen LogP contribution in [-0.4, -0.2) is 12.6 Å². The van der Waals surface area contributed by atoms with E-state index in [0.29, 0.717) is 12.3 Å². The van der Waals surface area contributed by atoms with E-state index in [2.05, 4.69) is 20.8 Å². The zero-order chi connectivity index (χ0) is 9.40. The second kappa shape index (κ2) is 7.14. The van der Waals surface area contributed by atoms with E-state index < -0.39 is 0 Å². The van der Waals surface area contributed by atoms with Crippen molar-refractivity contribution >= 4 is 5.97 Å². The van der Waals surface area contributed by atoms with Gasteiger partial charge in [-0.2, -0.15) is 0 Å². The Hall–Kier alpha value is -0.530. The van der Waals surface area contributed by atoms with Gasteiger partial charge < -0.3 is 4.74 Å². The molecule has 0 saturated heterocycles. The number of carbonyl (C=O) groups excluding carboxylic acids is 1. The lowest BCUT2D eigenvalue weighted by Crippen LogP contribution is -2.10. The van der Waals surface area contributed by atoms with Crippen LogP contribution in [0.2, 0.25) is 0 Å². The molecule has 0 saturated carbocycles. The van der Waals surface area contributed by atoms with Gasteiger partial charge in [-0.1, -0.05) is 33.1 Å². The molecule has 0 aliphatic carbocycles. The summed E-state index contributed by atoms with van der Waals surface area (Å²) in [5.41, 5.74) is 0. The van der Waals surface area contributed by atoms with Gasteiger partial charge in [-0.3, -0.25) is 4.79 Å². The Balaban J connectivity index is 3.61. The Morgan fingerprint density at radius 3 is 2.58 bits per heavy atom. The third kappa shape index (κ3) is 5.16. The van der Waals surface area contributed by atoms with Crippen LogP contribution in [0.15, 0.2) is 0 Å². The second-order valence-corrected chi connectivity index (χ2v) is 2.99. The third-order valence-electron chi connectivity index (χ3n) is 1.99. The van der Waals surface area contributed by atoms with Crippen LogP contribution in [-0.2, 0) is 9.53 Å². The molecular formula is C10H19O2. The lowest BCUT2D eigenvalue weighted by atomic mass is 9.97. The standard InChI is InChI=1S/C10H19O2/c1-4-7-9(5-2)8-10(11)12-6-3/h9H,3-8H2,1-2H3. The summed E-state index contributed by atoms with van der Waals surface area (Å²) < 4.78 is 4.77. The lowest BCUT2D eigenvalue weighted by molar-refractivity contribution is -0.143. The highest BCUT2D eigenvalue weighted by Gasteiger charge is 2.11. The van der Waals surface area contributed by atoms with Crippen LogP contribution in [0.25, 0.3) is 0 Å². The minimum atomic E-state index is -0.106. The fourth-order valence-corrected chi connectivity index (χ4v) is 1.27. The molecule has 1 unspecified atom stereocenters. The van der Waals surface area contributed by atoms with Crippen LogP contribution in [0, 0.1) is 12.8 Å². The van der Waals surface area contributed by atoms with Gasteiger partial charge in [-0.05, 0) is 12.8 Å². The Kier molecular flexibility index (Phi) is 6.82. The maximum atomic E-state index is 11.0. The van der Waals surface area contributed by atoms with E-state index in [1.807, 2.05) is 0 Å². The molecule has 71 valence electrons. The van der Waals surface area contributed by atoms with E-state index in [1.54, 1.807) is 0 Å². The van der Waals surface area contributed by atoms with Crippen LogP contribution in [0.4, 0.5) is 0 Å². The van der Waals surface area contributed by atoms with E-state index in [0.717, 1.165) is 19.3 Å². The Morgan fingerprint density at radius 2 is 2.17 bits per heavy atom. The molecule has 2 nitrogen and oxygen atoms in total. The van der Waals surface area contributed by atoms with Gasteiger partial charge in [0.1, 0.15) is 0 Å². The van der Waals surface area contributed by atoms with Gasteiger partial charge in [0, 0.05) is 6.42 Å². The van der Waals surface area contributed by atoms with E-state index in [1.165, 1.54) is 0 Å². The number of carbonyl (C=O) groups is 1. The van der Waals surface area contributed by atoms with Crippen molar-refractivity contribution in [1.82, 2.24) is 0 Å². The van der Waals surface area contributed by atoms with Gasteiger partial charge >= 0.3 is 5.97 Å². The summed E-state index contributed by atoms with van der Waals surface area (Å²) in [6.07, 6.45) is 3.86. The molecule has 12 heavy (non-hydrogen) atoms. The molecule has 0 bridgehead atoms. The molecule has 0 aromatic carbocycles. The highest BCUT2D eigenvalue weighted by molar-refractivity contribution is 5.69. The van der Waals surface area contributed by atoms with Crippen molar-refractivity contribution in [2.75, 3.05) is 6.61 Å². The fourth-order valence-electron chi connectivity index (χ4n) is 1.27. The average Bonchev–Trinajstić information content (AvgIpc) is 2.04. The Morgan fingerprint density at radius 1 is 1.50 bits per heavy atom. The van der Waals surface area contributed by atoms with Crippen molar-refractivity contribution in [3.63, 3.8) is 0 Å². The van der Waals surface area contributed by atoms with E-state index in [9.17, 15) is 4.79 Å². The van der Waals surface area contributed by atoms with Crippen molar-refractivity contribution in [3.8, 4) is 0 Å². The van der Waals surface area contributed by atoms with Gasteiger partial charge in [0.25, 0.3) is 0 Å². The van der Waals surface area contributed by atoms with E-state index >= 15 is 0 Å². The quantitative estimate of drug-likeness (QED) is 0.574. The van der Waals surface area contributed by atoms with Crippen molar-refractivity contribution < 1.29 is 9.53 Å². The molecule has 0 rings (SSSR count). The maximum Gasteiger partial charge on any atom is 0.306 e. The van der Waals surface area contributed by atoms with Crippen molar-refractivity contribution in [2.24, 2.45) is 5.92 Å². The lowest BCUT2D eigenvalue weighted by Gasteiger charge is -2.11. The molecule has 0 amide bonds. The summed E-state index contributed by atoms with van der Waals surface area (Å²) in [5, 5.41) is 0. The van der Waals surface area contributed by atoms with Crippen molar-refractivity contribution in [1.29, 1.82) is 0 Å². The van der Waals surface area contributed by atoms with Gasteiger partial charge in [0.15, 0.2) is 0 Å². The molecule has 0 aromatic heterocycles. The first-order chi connectivity index (χ1) is 5.74. The zero-order valence-corrected chi connectivity index (χ0v) is 8.14. The van der Waals surface area contributed by atoms with Gasteiger partial charge in [0.05, 0.1) is 6.61 Å². The number of ether oxygens (including phenoxy) is 1. The summed E-state index contributed by atoms with van der Waals surface area (Å²) in [7, 11) is 0. The zero-order valence-electron chi connectivity index (χ0n) is 8.14. The topological polar surface area (TPSA) is 26.3 Å². The smallest absolute Gasteiger partial charge is 0.306 e. The first kappa shape index (κ1) is 11.5. The summed E-state index contributed by atoms with van der Waals surface area (Å²) in [6.45, 7) is 7.96.